The van der Waals surface area contributed by atoms with E-state index in [4.69, 9.17) is 14.2 Å². The second kappa shape index (κ2) is 17.9. The van der Waals surface area contributed by atoms with Crippen LogP contribution in [0.5, 0.6) is 17.2 Å². The van der Waals surface area contributed by atoms with Gasteiger partial charge in [0.1, 0.15) is 23.0 Å². The van der Waals surface area contributed by atoms with Gasteiger partial charge in [0, 0.05) is 80.7 Å². The molecule has 55 heavy (non-hydrogen) atoms. The Kier molecular flexibility index (Phi) is 12.6. The fourth-order valence-corrected chi connectivity index (χ4v) is 6.81. The van der Waals surface area contributed by atoms with Crippen LogP contribution >= 0.6 is 0 Å². The Hall–Kier alpha value is -5.99. The molecule has 13 nitrogen and oxygen atoms in total. The van der Waals surface area contributed by atoms with E-state index in [2.05, 4.69) is 27.2 Å². The van der Waals surface area contributed by atoms with E-state index in [0.29, 0.717) is 97.5 Å². The summed E-state index contributed by atoms with van der Waals surface area (Å²) in [6, 6.07) is 10.3. The van der Waals surface area contributed by atoms with Gasteiger partial charge in [-0.15, -0.1) is 5.10 Å². The van der Waals surface area contributed by atoms with Crippen LogP contribution in [-0.2, 0) is 11.3 Å². The second-order valence-corrected chi connectivity index (χ2v) is 13.0. The third-order valence-electron chi connectivity index (χ3n) is 9.42. The number of rotatable bonds is 12. The number of fused-ring (bicyclic) bond motifs is 1. The average molecular weight is 757 g/mol. The molecule has 5 heterocycles. The van der Waals surface area contributed by atoms with Crippen LogP contribution in [0.4, 0.5) is 14.6 Å². The highest BCUT2D eigenvalue weighted by Crippen LogP contribution is 2.41. The first-order chi connectivity index (χ1) is 26.8. The SMILES string of the molecule is CCCn1ccnn1.CCOc1ccc(-c2cc(C3=CCCN(C=O)C3)c(F)c3[nH]c(C(=O)N4CCN(c5ncc(F)cc5OC)CC4)cc23)c(OCC)c1. The Morgan fingerprint density at radius 3 is 2.44 bits per heavy atom. The first kappa shape index (κ1) is 38.7. The minimum absolute atomic E-state index is 0.195. The minimum atomic E-state index is -0.495. The lowest BCUT2D eigenvalue weighted by Crippen LogP contribution is -2.49. The van der Waals surface area contributed by atoms with Gasteiger partial charge in [-0.1, -0.05) is 18.2 Å². The first-order valence-corrected chi connectivity index (χ1v) is 18.5. The number of ether oxygens (including phenoxy) is 3. The lowest BCUT2D eigenvalue weighted by molar-refractivity contribution is -0.117. The van der Waals surface area contributed by atoms with Crippen LogP contribution in [0.3, 0.4) is 0 Å². The van der Waals surface area contributed by atoms with Crippen LogP contribution in [0.1, 0.15) is 49.7 Å². The molecule has 5 aromatic rings. The highest BCUT2D eigenvalue weighted by Gasteiger charge is 2.28. The number of halogens is 2. The zero-order valence-electron chi connectivity index (χ0n) is 31.6. The number of aromatic nitrogens is 5. The van der Waals surface area contributed by atoms with E-state index in [0.717, 1.165) is 31.1 Å². The number of methoxy groups -OCH3 is 1. The number of H-pyrrole nitrogens is 1. The molecule has 0 unspecified atom stereocenters. The van der Waals surface area contributed by atoms with E-state index in [-0.39, 0.29) is 23.7 Å². The molecule has 0 atom stereocenters. The van der Waals surface area contributed by atoms with Gasteiger partial charge in [-0.2, -0.15) is 0 Å². The number of nitrogens with zero attached hydrogens (tertiary/aromatic N) is 7. The predicted octanol–water partition coefficient (Wildman–Crippen LogP) is 6.21. The largest absolute Gasteiger partial charge is 0.494 e. The maximum Gasteiger partial charge on any atom is 0.270 e. The zero-order chi connectivity index (χ0) is 38.9. The number of hydrogen-bond donors (Lipinski definition) is 1. The third kappa shape index (κ3) is 8.71. The fourth-order valence-electron chi connectivity index (χ4n) is 6.81. The van der Waals surface area contributed by atoms with E-state index in [1.54, 1.807) is 28.1 Å². The van der Waals surface area contributed by atoms with Crippen molar-refractivity contribution in [3.05, 3.63) is 84.0 Å². The maximum absolute atomic E-state index is 16.4. The zero-order valence-corrected chi connectivity index (χ0v) is 31.6. The van der Waals surface area contributed by atoms with E-state index < -0.39 is 11.6 Å². The van der Waals surface area contributed by atoms with Gasteiger partial charge in [-0.3, -0.25) is 14.3 Å². The van der Waals surface area contributed by atoms with Gasteiger partial charge < -0.3 is 33.9 Å². The summed E-state index contributed by atoms with van der Waals surface area (Å²) in [7, 11) is 1.46. The monoisotopic (exact) mass is 756 g/mol. The highest BCUT2D eigenvalue weighted by atomic mass is 19.1. The standard InChI is InChI=1S/C35H37F2N5O5.C5H9N3/c1-4-46-24-8-9-25(30(16-24)47-5-2)27-17-26(22-7-6-10-40(20-22)21-43)32(37)33-28(27)18-29(39-33)35(44)42-13-11-41(12-14-42)34-31(45-3)15-23(36)19-38-34;1-2-4-8-5-3-6-7-8/h7-9,15-19,21,39H,4-6,10-14,20H2,1-3H3;3,5H,2,4H2,1H3. The van der Waals surface area contributed by atoms with Crippen molar-refractivity contribution in [2.45, 2.75) is 40.2 Å². The van der Waals surface area contributed by atoms with E-state index in [9.17, 15) is 14.0 Å². The Morgan fingerprint density at radius 2 is 1.75 bits per heavy atom. The summed E-state index contributed by atoms with van der Waals surface area (Å²) >= 11 is 0. The van der Waals surface area contributed by atoms with Gasteiger partial charge in [0.05, 0.1) is 38.2 Å². The number of aryl methyl sites for hydroxylation is 1. The number of benzene rings is 2. The number of piperazine rings is 1. The molecule has 7 rings (SSSR count). The highest BCUT2D eigenvalue weighted by molar-refractivity contribution is 6.05. The summed E-state index contributed by atoms with van der Waals surface area (Å²) in [6.45, 7) is 10.3. The molecule has 0 saturated carbocycles. The molecule has 1 N–H and O–H groups in total. The van der Waals surface area contributed by atoms with Gasteiger partial charge in [-0.05, 0) is 62.1 Å². The number of carbonyl (C=O) groups is 2. The number of anilines is 1. The van der Waals surface area contributed by atoms with Crippen molar-refractivity contribution >= 4 is 34.6 Å². The summed E-state index contributed by atoms with van der Waals surface area (Å²) in [5.74, 6) is 0.789. The average Bonchev–Trinajstić information content (AvgIpc) is 3.90. The Morgan fingerprint density at radius 1 is 0.945 bits per heavy atom. The number of carbonyl (C=O) groups excluding carboxylic acids is 2. The van der Waals surface area contributed by atoms with E-state index >= 15 is 4.39 Å². The molecule has 1 fully saturated rings. The van der Waals surface area contributed by atoms with Crippen molar-refractivity contribution in [1.29, 1.82) is 0 Å². The summed E-state index contributed by atoms with van der Waals surface area (Å²) in [4.78, 5) is 38.0. The van der Waals surface area contributed by atoms with Gasteiger partial charge in [0.2, 0.25) is 6.41 Å². The van der Waals surface area contributed by atoms with Crippen LogP contribution in [0.2, 0.25) is 0 Å². The Labute approximate surface area is 318 Å². The predicted molar refractivity (Wildman–Crippen MR) is 205 cm³/mol. The lowest BCUT2D eigenvalue weighted by atomic mass is 9.93. The molecule has 0 spiro atoms. The van der Waals surface area contributed by atoms with E-state index in [1.165, 1.54) is 13.2 Å². The van der Waals surface area contributed by atoms with Crippen molar-refractivity contribution in [3.63, 3.8) is 0 Å². The first-order valence-electron chi connectivity index (χ1n) is 18.5. The van der Waals surface area contributed by atoms with Gasteiger partial charge in [0.15, 0.2) is 17.4 Å². The molecule has 2 aromatic carbocycles. The van der Waals surface area contributed by atoms with E-state index in [1.807, 2.05) is 53.9 Å². The quantitative estimate of drug-likeness (QED) is 0.148. The summed E-state index contributed by atoms with van der Waals surface area (Å²) in [6.07, 6.45) is 9.14. The third-order valence-corrected chi connectivity index (χ3v) is 9.42. The Bertz CT molecular complexity index is 2130. The van der Waals surface area contributed by atoms with Crippen LogP contribution in [0.25, 0.3) is 27.6 Å². The molecule has 2 amide bonds. The number of pyridine rings is 1. The molecule has 0 bridgehead atoms. The molecule has 2 aliphatic rings. The van der Waals surface area contributed by atoms with Crippen molar-refractivity contribution in [3.8, 4) is 28.4 Å². The van der Waals surface area contributed by atoms with Crippen molar-refractivity contribution in [2.24, 2.45) is 0 Å². The summed E-state index contributed by atoms with van der Waals surface area (Å²) in [5, 5.41) is 7.96. The molecule has 1 saturated heterocycles. The lowest BCUT2D eigenvalue weighted by Gasteiger charge is -2.35. The number of nitrogens with one attached hydrogen (secondary N) is 1. The molecular formula is C40H46F2N8O5. The van der Waals surface area contributed by atoms with Crippen LogP contribution in [-0.4, -0.2) is 107 Å². The topological polar surface area (TPSA) is 131 Å². The number of hydrogen-bond acceptors (Lipinski definition) is 9. The smallest absolute Gasteiger partial charge is 0.270 e. The van der Waals surface area contributed by atoms with Crippen molar-refractivity contribution in [1.82, 2.24) is 34.8 Å². The minimum Gasteiger partial charge on any atom is -0.494 e. The molecule has 2 aliphatic heterocycles. The molecular weight excluding hydrogens is 710 g/mol. The molecule has 15 heteroatoms. The molecule has 0 aliphatic carbocycles. The number of amides is 2. The van der Waals surface area contributed by atoms with Crippen LogP contribution < -0.4 is 19.1 Å². The summed E-state index contributed by atoms with van der Waals surface area (Å²) in [5.41, 5.74) is 2.89. The van der Waals surface area contributed by atoms with Gasteiger partial charge in [-0.25, -0.2) is 13.8 Å². The maximum atomic E-state index is 16.4. The van der Waals surface area contributed by atoms with Gasteiger partial charge >= 0.3 is 0 Å². The fraction of sp³-hybridized carbons (Fsp3) is 0.375. The molecule has 290 valence electrons. The van der Waals surface area contributed by atoms with Crippen LogP contribution in [0, 0.1) is 11.6 Å². The second-order valence-electron chi connectivity index (χ2n) is 13.0. The Balaban J connectivity index is 0.000000572. The summed E-state index contributed by atoms with van der Waals surface area (Å²) < 4.78 is 49.0. The van der Waals surface area contributed by atoms with Gasteiger partial charge in [0.25, 0.3) is 5.91 Å². The van der Waals surface area contributed by atoms with Crippen molar-refractivity contribution in [2.75, 3.05) is 64.5 Å². The molecule has 3 aromatic heterocycles. The van der Waals surface area contributed by atoms with Crippen molar-refractivity contribution < 1.29 is 32.6 Å². The normalized spacial score (nSPS) is 14.3. The number of aromatic amines is 1. The van der Waals surface area contributed by atoms with Crippen LogP contribution in [0.15, 0.2) is 61.1 Å². The molecule has 0 radical (unpaired) electrons.